The third-order valence-electron chi connectivity index (χ3n) is 13.9. The van der Waals surface area contributed by atoms with E-state index >= 15 is 0 Å². The number of hydrogen-bond acceptors (Lipinski definition) is 5. The molecule has 2 aromatic heterocycles. The third-order valence-corrected chi connectivity index (χ3v) is 13.9. The largest absolute Gasteiger partial charge is 0.456 e. The van der Waals surface area contributed by atoms with Gasteiger partial charge in [-0.2, -0.15) is 0 Å². The number of rotatable bonds is 6. The molecular formula is C64H46BN3O2. The van der Waals surface area contributed by atoms with Crippen molar-refractivity contribution < 1.29 is 22.5 Å². The van der Waals surface area contributed by atoms with Gasteiger partial charge in [0.25, 0.3) is 6.71 Å². The van der Waals surface area contributed by atoms with Gasteiger partial charge in [0.1, 0.15) is 16.7 Å². The lowest BCUT2D eigenvalue weighted by Gasteiger charge is -2.45. The van der Waals surface area contributed by atoms with E-state index in [0.29, 0.717) is 22.5 Å². The standard InChI is InChI=1S/C64H46BN3O2/c1-64(2,3)43-37-57-62-58(38-43)68(55-27-17-26-51-49-25-14-16-29-60(49)70-63(51)55)56-39-46(66(44-20-9-5-10-21-44)45-22-11-6-12-23-45)32-34-52(56)65(62)53-36-42(41-18-7-4-8-19-41)30-35-54(53)67(57)47-31-33-50-48-24-13-15-28-59(48)69-61(50)40-47/h4-40H,1-3H3/i5D,6D,9D,10D,11D,12D,20D,21D,22D,23D. The van der Waals surface area contributed by atoms with Crippen LogP contribution in [0.1, 0.15) is 40.0 Å². The fourth-order valence-corrected chi connectivity index (χ4v) is 10.7. The molecule has 0 N–H and O–H groups in total. The molecule has 14 rings (SSSR count). The second-order valence-electron chi connectivity index (χ2n) is 19.0. The summed E-state index contributed by atoms with van der Waals surface area (Å²) in [4.78, 5) is 5.73. The van der Waals surface area contributed by atoms with Crippen LogP contribution in [-0.4, -0.2) is 6.71 Å². The van der Waals surface area contributed by atoms with E-state index in [1.54, 1.807) is 6.07 Å². The molecule has 0 atom stereocenters. The van der Waals surface area contributed by atoms with E-state index in [-0.39, 0.29) is 17.1 Å². The van der Waals surface area contributed by atoms with E-state index < -0.39 is 72.6 Å². The predicted octanol–water partition coefficient (Wildman–Crippen LogP) is 16.0. The molecule has 332 valence electrons. The lowest BCUT2D eigenvalue weighted by atomic mass is 9.33. The van der Waals surface area contributed by atoms with E-state index in [2.05, 4.69) is 97.3 Å². The van der Waals surface area contributed by atoms with E-state index in [1.807, 2.05) is 91.0 Å². The number of nitrogens with zero attached hydrogens (tertiary/aromatic N) is 3. The second-order valence-corrected chi connectivity index (χ2v) is 19.0. The molecule has 2 aliphatic heterocycles. The molecular weight excluding hydrogens is 854 g/mol. The minimum Gasteiger partial charge on any atom is -0.456 e. The number of fused-ring (bicyclic) bond motifs is 10. The van der Waals surface area contributed by atoms with Crippen LogP contribution >= 0.6 is 0 Å². The van der Waals surface area contributed by atoms with Gasteiger partial charge in [-0.3, -0.25) is 0 Å². The van der Waals surface area contributed by atoms with E-state index in [9.17, 15) is 5.48 Å². The highest BCUT2D eigenvalue weighted by Crippen LogP contribution is 2.50. The molecule has 0 saturated carbocycles. The van der Waals surface area contributed by atoms with Crippen LogP contribution in [0.15, 0.2) is 233 Å². The highest BCUT2D eigenvalue weighted by molar-refractivity contribution is 7.00. The van der Waals surface area contributed by atoms with Crippen LogP contribution in [0.5, 0.6) is 0 Å². The Balaban J connectivity index is 1.13. The average Bonchev–Trinajstić information content (AvgIpc) is 4.17. The first-order valence-corrected chi connectivity index (χ1v) is 23.4. The van der Waals surface area contributed by atoms with Gasteiger partial charge < -0.3 is 23.5 Å². The van der Waals surface area contributed by atoms with Gasteiger partial charge in [0.05, 0.1) is 19.4 Å². The summed E-state index contributed by atoms with van der Waals surface area (Å²) in [6.07, 6.45) is 0. The number of anilines is 9. The quantitative estimate of drug-likeness (QED) is 0.155. The van der Waals surface area contributed by atoms with E-state index in [0.717, 1.165) is 88.5 Å². The Kier molecular flexibility index (Phi) is 6.89. The maximum Gasteiger partial charge on any atom is 0.252 e. The van der Waals surface area contributed by atoms with Gasteiger partial charge in [0.15, 0.2) is 5.58 Å². The maximum absolute atomic E-state index is 9.37. The van der Waals surface area contributed by atoms with Gasteiger partial charge in [-0.25, -0.2) is 0 Å². The van der Waals surface area contributed by atoms with Gasteiger partial charge in [0.2, 0.25) is 0 Å². The summed E-state index contributed by atoms with van der Waals surface area (Å²) >= 11 is 0. The minimum atomic E-state index is -0.650. The smallest absolute Gasteiger partial charge is 0.252 e. The molecule has 0 aliphatic carbocycles. The molecule has 70 heavy (non-hydrogen) atoms. The van der Waals surface area contributed by atoms with Gasteiger partial charge >= 0.3 is 0 Å². The van der Waals surface area contributed by atoms with Crippen LogP contribution in [0.2, 0.25) is 0 Å². The Morgan fingerprint density at radius 3 is 1.81 bits per heavy atom. The van der Waals surface area contributed by atoms with Crippen LogP contribution in [0, 0.1) is 0 Å². The summed E-state index contributed by atoms with van der Waals surface area (Å²) in [6.45, 7) is 6.08. The number of benzene rings is 10. The van der Waals surface area contributed by atoms with Crippen molar-refractivity contribution in [1.82, 2.24) is 0 Å². The van der Waals surface area contributed by atoms with Crippen LogP contribution in [0.3, 0.4) is 0 Å². The first-order valence-electron chi connectivity index (χ1n) is 28.4. The van der Waals surface area contributed by atoms with Crippen LogP contribution in [0.25, 0.3) is 55.0 Å². The van der Waals surface area contributed by atoms with Crippen molar-refractivity contribution in [2.45, 2.75) is 26.2 Å². The summed E-state index contributed by atoms with van der Waals surface area (Å²) in [5.74, 6) is 0. The molecule has 5 nitrogen and oxygen atoms in total. The van der Waals surface area contributed by atoms with Crippen molar-refractivity contribution in [2.24, 2.45) is 0 Å². The Labute approximate surface area is 421 Å². The zero-order valence-corrected chi connectivity index (χ0v) is 38.3. The summed E-state index contributed by atoms with van der Waals surface area (Å²) in [6, 6.07) is 48.9. The Morgan fingerprint density at radius 2 is 1.09 bits per heavy atom. The molecule has 10 aromatic carbocycles. The fourth-order valence-electron chi connectivity index (χ4n) is 10.7. The van der Waals surface area contributed by atoms with Crippen molar-refractivity contribution in [2.75, 3.05) is 14.7 Å². The molecule has 0 bridgehead atoms. The van der Waals surface area contributed by atoms with Gasteiger partial charge in [-0.1, -0.05) is 154 Å². The second kappa shape index (κ2) is 15.4. The van der Waals surface area contributed by atoms with E-state index in [4.69, 9.17) is 17.1 Å². The predicted molar refractivity (Wildman–Crippen MR) is 294 cm³/mol. The molecule has 0 fully saturated rings. The molecule has 0 saturated heterocycles. The molecule has 0 unspecified atom stereocenters. The topological polar surface area (TPSA) is 36.0 Å². The van der Waals surface area contributed by atoms with E-state index in [1.165, 1.54) is 4.90 Å². The van der Waals surface area contributed by atoms with Crippen molar-refractivity contribution >= 4 is 118 Å². The zero-order valence-electron chi connectivity index (χ0n) is 48.3. The van der Waals surface area contributed by atoms with Crippen LogP contribution < -0.4 is 31.1 Å². The summed E-state index contributed by atoms with van der Waals surface area (Å²) in [5.41, 5.74) is 12.5. The zero-order chi connectivity index (χ0) is 55.4. The summed E-state index contributed by atoms with van der Waals surface area (Å²) < 4.78 is 104. The lowest BCUT2D eigenvalue weighted by molar-refractivity contribution is 0.590. The highest BCUT2D eigenvalue weighted by Gasteiger charge is 2.45. The van der Waals surface area contributed by atoms with Crippen molar-refractivity contribution in [3.63, 3.8) is 0 Å². The Hall–Kier alpha value is -8.74. The molecule has 0 amide bonds. The molecule has 2 aliphatic rings. The monoisotopic (exact) mass is 909 g/mol. The molecule has 4 heterocycles. The van der Waals surface area contributed by atoms with Gasteiger partial charge in [0, 0.05) is 73.1 Å². The third kappa shape index (κ3) is 6.19. The van der Waals surface area contributed by atoms with Crippen LogP contribution in [0.4, 0.5) is 51.2 Å². The molecule has 0 radical (unpaired) electrons. The average molecular weight is 910 g/mol. The molecule has 6 heteroatoms. The molecule has 12 aromatic rings. The van der Waals surface area contributed by atoms with Crippen LogP contribution in [-0.2, 0) is 5.41 Å². The maximum atomic E-state index is 9.37. The minimum absolute atomic E-state index is 0.174. The SMILES string of the molecule is [2H]c1c([2H])c([2H])c(N(c2ccc3c(c2)N(c2cccc4c2oc2ccccc24)c2cc(C(C)(C)C)cc4c2B3c2cc(-c3ccccc3)ccc2N4c2ccc3c(c2)oc2ccccc23)c2c([2H])c([2H])c([2H])c([2H])c2[2H])c([2H])c1[2H]. The summed E-state index contributed by atoms with van der Waals surface area (Å²) in [5, 5.41) is 3.82. The summed E-state index contributed by atoms with van der Waals surface area (Å²) in [7, 11) is 0. The number of hydrogen-bond donors (Lipinski definition) is 0. The fraction of sp³-hybridized carbons (Fsp3) is 0.0625. The van der Waals surface area contributed by atoms with Crippen molar-refractivity contribution in [3.8, 4) is 11.1 Å². The normalized spacial score (nSPS) is 15.0. The molecule has 0 spiro atoms. The van der Waals surface area contributed by atoms with Gasteiger partial charge in [-0.15, -0.1) is 0 Å². The first kappa shape index (κ1) is 31.3. The first-order chi connectivity index (χ1) is 38.5. The number of para-hydroxylation sites is 5. The van der Waals surface area contributed by atoms with Crippen molar-refractivity contribution in [3.05, 3.63) is 230 Å². The lowest BCUT2D eigenvalue weighted by Crippen LogP contribution is -2.61. The highest BCUT2D eigenvalue weighted by atomic mass is 16.3. The van der Waals surface area contributed by atoms with Crippen molar-refractivity contribution in [1.29, 1.82) is 0 Å². The van der Waals surface area contributed by atoms with Gasteiger partial charge in [-0.05, 0) is 123 Å². The Morgan fingerprint density at radius 1 is 0.443 bits per heavy atom. The Bertz CT molecular complexity index is 4520. The number of furan rings is 2.